The summed E-state index contributed by atoms with van der Waals surface area (Å²) in [6, 6.07) is 7.35. The number of carbonyl (C=O) groups excluding carboxylic acids is 1. The van der Waals surface area contributed by atoms with Crippen molar-refractivity contribution in [1.82, 2.24) is 0 Å². The molecule has 0 fully saturated rings. The van der Waals surface area contributed by atoms with E-state index in [1.54, 1.807) is 6.08 Å². The first kappa shape index (κ1) is 12.5. The van der Waals surface area contributed by atoms with Crippen molar-refractivity contribution in [1.29, 1.82) is 0 Å². The minimum absolute atomic E-state index is 0.110. The number of halogens is 1. The molecule has 0 heterocycles. The molecule has 0 radical (unpaired) electrons. The molecule has 1 aliphatic carbocycles. The summed E-state index contributed by atoms with van der Waals surface area (Å²) in [5.41, 5.74) is -0.906. The third kappa shape index (κ3) is 2.34. The Morgan fingerprint density at radius 2 is 2.12 bits per heavy atom. The fourth-order valence-electron chi connectivity index (χ4n) is 1.94. The Hall–Kier alpha value is -0.970. The molecule has 17 heavy (non-hydrogen) atoms. The highest BCUT2D eigenvalue weighted by molar-refractivity contribution is 9.10. The molecule has 0 unspecified atom stereocenters. The van der Waals surface area contributed by atoms with Crippen molar-refractivity contribution in [2.24, 2.45) is 0 Å². The largest absolute Gasteiger partial charge is 0.389 e. The van der Waals surface area contributed by atoms with E-state index in [1.807, 2.05) is 24.3 Å². The van der Waals surface area contributed by atoms with Crippen LogP contribution in [0.2, 0.25) is 0 Å². The number of ketones is 1. The summed E-state index contributed by atoms with van der Waals surface area (Å²) in [4.78, 5) is 11.7. The topological polar surface area (TPSA) is 57.5 Å². The first-order valence-electron chi connectivity index (χ1n) is 5.39. The first-order chi connectivity index (χ1) is 8.04. The smallest absolute Gasteiger partial charge is 0.189 e. The van der Waals surface area contributed by atoms with E-state index in [-0.39, 0.29) is 6.42 Å². The number of rotatable bonds is 2. The second-order valence-corrected chi connectivity index (χ2v) is 5.06. The van der Waals surface area contributed by atoms with Crippen molar-refractivity contribution in [3.05, 3.63) is 46.5 Å². The molecule has 2 N–H and O–H groups in total. The average Bonchev–Trinajstić information content (AvgIpc) is 2.30. The average molecular weight is 297 g/mol. The normalized spacial score (nSPS) is 28.4. The lowest BCUT2D eigenvalue weighted by Gasteiger charge is -2.32. The van der Waals surface area contributed by atoms with Crippen molar-refractivity contribution >= 4 is 21.7 Å². The van der Waals surface area contributed by atoms with Gasteiger partial charge in [-0.2, -0.15) is 0 Å². The standard InChI is InChI=1S/C13H13BrO3/c14-10-5-2-1-4-9(10)8-13(17)11(15)6-3-7-12(13)16/h1-6,12,16-17H,7-8H2/t12-,13+/m1/s1. The molecule has 0 aliphatic heterocycles. The Morgan fingerprint density at radius 3 is 2.76 bits per heavy atom. The van der Waals surface area contributed by atoms with Crippen LogP contribution in [0.4, 0.5) is 0 Å². The van der Waals surface area contributed by atoms with Crippen LogP contribution in [0.3, 0.4) is 0 Å². The number of aliphatic hydroxyl groups is 2. The van der Waals surface area contributed by atoms with Gasteiger partial charge in [0.2, 0.25) is 0 Å². The Balaban J connectivity index is 2.31. The Kier molecular flexibility index (Phi) is 3.47. The molecule has 0 saturated carbocycles. The van der Waals surface area contributed by atoms with E-state index in [2.05, 4.69) is 15.9 Å². The second-order valence-electron chi connectivity index (χ2n) is 4.21. The van der Waals surface area contributed by atoms with Crippen LogP contribution in [0, 0.1) is 0 Å². The lowest BCUT2D eigenvalue weighted by molar-refractivity contribution is -0.146. The maximum absolute atomic E-state index is 11.7. The highest BCUT2D eigenvalue weighted by Gasteiger charge is 2.43. The van der Waals surface area contributed by atoms with E-state index in [9.17, 15) is 15.0 Å². The predicted octanol–water partition coefficient (Wildman–Crippen LogP) is 1.61. The molecule has 2 rings (SSSR count). The number of hydrogen-bond donors (Lipinski definition) is 2. The molecule has 3 nitrogen and oxygen atoms in total. The molecule has 0 saturated heterocycles. The minimum atomic E-state index is -1.71. The van der Waals surface area contributed by atoms with Gasteiger partial charge in [-0.25, -0.2) is 0 Å². The molecule has 0 amide bonds. The van der Waals surface area contributed by atoms with Gasteiger partial charge in [-0.3, -0.25) is 4.79 Å². The van der Waals surface area contributed by atoms with Gasteiger partial charge < -0.3 is 10.2 Å². The maximum atomic E-state index is 11.7. The van der Waals surface area contributed by atoms with Gasteiger partial charge in [0.05, 0.1) is 6.10 Å². The second kappa shape index (κ2) is 4.72. The van der Waals surface area contributed by atoms with Crippen molar-refractivity contribution < 1.29 is 15.0 Å². The fraction of sp³-hybridized carbons (Fsp3) is 0.308. The first-order valence-corrected chi connectivity index (χ1v) is 6.18. The van der Waals surface area contributed by atoms with Gasteiger partial charge in [-0.15, -0.1) is 0 Å². The van der Waals surface area contributed by atoms with Crippen molar-refractivity contribution in [3.8, 4) is 0 Å². The summed E-state index contributed by atoms with van der Waals surface area (Å²) in [7, 11) is 0. The summed E-state index contributed by atoms with van der Waals surface area (Å²) in [6.45, 7) is 0. The van der Waals surface area contributed by atoms with Gasteiger partial charge in [-0.05, 0) is 24.1 Å². The lowest BCUT2D eigenvalue weighted by atomic mass is 9.80. The molecule has 1 aliphatic rings. The van der Waals surface area contributed by atoms with Gasteiger partial charge in [0, 0.05) is 10.9 Å². The highest BCUT2D eigenvalue weighted by atomic mass is 79.9. The lowest BCUT2D eigenvalue weighted by Crippen LogP contribution is -2.52. The quantitative estimate of drug-likeness (QED) is 0.872. The summed E-state index contributed by atoms with van der Waals surface area (Å²) < 4.78 is 0.822. The molecule has 1 aromatic carbocycles. The van der Waals surface area contributed by atoms with Crippen LogP contribution in [-0.2, 0) is 11.2 Å². The zero-order chi connectivity index (χ0) is 12.5. The Bertz CT molecular complexity index is 469. The van der Waals surface area contributed by atoms with Gasteiger partial charge >= 0.3 is 0 Å². The molecule has 4 heteroatoms. The van der Waals surface area contributed by atoms with Gasteiger partial charge in [0.1, 0.15) is 0 Å². The van der Waals surface area contributed by atoms with Crippen LogP contribution in [0.15, 0.2) is 40.9 Å². The highest BCUT2D eigenvalue weighted by Crippen LogP contribution is 2.28. The monoisotopic (exact) mass is 296 g/mol. The molecule has 1 aromatic rings. The van der Waals surface area contributed by atoms with Gasteiger partial charge in [-0.1, -0.05) is 40.2 Å². The predicted molar refractivity (Wildman–Crippen MR) is 67.6 cm³/mol. The number of benzene rings is 1. The Morgan fingerprint density at radius 1 is 1.41 bits per heavy atom. The molecule has 90 valence electrons. The molecule has 0 bridgehead atoms. The minimum Gasteiger partial charge on any atom is -0.389 e. The summed E-state index contributed by atoms with van der Waals surface area (Å²) in [5.74, 6) is -0.438. The molecular formula is C13H13BrO3. The number of aliphatic hydroxyl groups excluding tert-OH is 1. The number of hydrogen-bond acceptors (Lipinski definition) is 3. The van der Waals surface area contributed by atoms with Gasteiger partial charge in [0.15, 0.2) is 11.4 Å². The molecular weight excluding hydrogens is 284 g/mol. The maximum Gasteiger partial charge on any atom is 0.189 e. The summed E-state index contributed by atoms with van der Waals surface area (Å²) in [6.07, 6.45) is 2.28. The zero-order valence-electron chi connectivity index (χ0n) is 9.14. The van der Waals surface area contributed by atoms with Crippen LogP contribution < -0.4 is 0 Å². The SMILES string of the molecule is O=C1C=CC[C@@H](O)[C@]1(O)Cc1ccccc1Br. The van der Waals surface area contributed by atoms with E-state index < -0.39 is 17.5 Å². The fourth-order valence-corrected chi connectivity index (χ4v) is 2.37. The van der Waals surface area contributed by atoms with E-state index in [0.29, 0.717) is 6.42 Å². The van der Waals surface area contributed by atoms with E-state index in [1.165, 1.54) is 6.08 Å². The van der Waals surface area contributed by atoms with Gasteiger partial charge in [0.25, 0.3) is 0 Å². The summed E-state index contributed by atoms with van der Waals surface area (Å²) >= 11 is 3.37. The van der Waals surface area contributed by atoms with Crippen LogP contribution in [0.5, 0.6) is 0 Å². The third-order valence-corrected chi connectivity index (χ3v) is 3.80. The third-order valence-electron chi connectivity index (χ3n) is 3.02. The van der Waals surface area contributed by atoms with Crippen LogP contribution >= 0.6 is 15.9 Å². The molecule has 2 atom stereocenters. The van der Waals surface area contributed by atoms with Crippen molar-refractivity contribution in [3.63, 3.8) is 0 Å². The summed E-state index contributed by atoms with van der Waals surface area (Å²) in [5, 5.41) is 20.1. The van der Waals surface area contributed by atoms with Crippen molar-refractivity contribution in [2.45, 2.75) is 24.5 Å². The van der Waals surface area contributed by atoms with E-state index in [4.69, 9.17) is 0 Å². The molecule has 0 aromatic heterocycles. The Labute approximate surface area is 108 Å². The molecule has 0 spiro atoms. The van der Waals surface area contributed by atoms with Crippen LogP contribution in [0.25, 0.3) is 0 Å². The van der Waals surface area contributed by atoms with E-state index >= 15 is 0 Å². The number of carbonyl (C=O) groups is 1. The van der Waals surface area contributed by atoms with Crippen LogP contribution in [0.1, 0.15) is 12.0 Å². The van der Waals surface area contributed by atoms with Crippen LogP contribution in [-0.4, -0.2) is 27.7 Å². The van der Waals surface area contributed by atoms with Crippen molar-refractivity contribution in [2.75, 3.05) is 0 Å². The van der Waals surface area contributed by atoms with E-state index in [0.717, 1.165) is 10.0 Å². The zero-order valence-corrected chi connectivity index (χ0v) is 10.7.